The molecule has 0 N–H and O–H groups in total. The minimum atomic E-state index is 0.881. The molecule has 0 spiro atoms. The van der Waals surface area contributed by atoms with Crippen molar-refractivity contribution in [2.75, 3.05) is 0 Å². The second-order valence-corrected chi connectivity index (χ2v) is 10.9. The summed E-state index contributed by atoms with van der Waals surface area (Å²) >= 11 is 1.86. The van der Waals surface area contributed by atoms with E-state index in [9.17, 15) is 0 Å². The third-order valence-electron chi connectivity index (χ3n) is 7.52. The third-order valence-corrected chi connectivity index (χ3v) is 8.65. The molecule has 2 nitrogen and oxygen atoms in total. The van der Waals surface area contributed by atoms with E-state index < -0.39 is 0 Å². The number of pyridine rings is 2. The van der Waals surface area contributed by atoms with Gasteiger partial charge in [0.15, 0.2) is 0 Å². The average molecular weight is 515 g/mol. The first-order valence-electron chi connectivity index (χ1n) is 13.1. The SMILES string of the molecule is c1cc(-c2ccnc(-c3nc4ccccc4c4ccccc34)c2)cc(-c2ccc3c(c2)sc2ccccc23)c1. The molecule has 0 aliphatic heterocycles. The van der Waals surface area contributed by atoms with Crippen LogP contribution in [0.1, 0.15) is 0 Å². The molecule has 3 heteroatoms. The topological polar surface area (TPSA) is 25.8 Å². The van der Waals surface area contributed by atoms with E-state index in [1.165, 1.54) is 36.7 Å². The molecule has 3 heterocycles. The Bertz CT molecular complexity index is 2190. The number of fused-ring (bicyclic) bond motifs is 6. The summed E-state index contributed by atoms with van der Waals surface area (Å²) in [6.45, 7) is 0. The van der Waals surface area contributed by atoms with Crippen molar-refractivity contribution in [3.63, 3.8) is 0 Å². The van der Waals surface area contributed by atoms with Crippen LogP contribution in [-0.2, 0) is 0 Å². The van der Waals surface area contributed by atoms with E-state index in [0.717, 1.165) is 38.8 Å². The van der Waals surface area contributed by atoms with Crippen molar-refractivity contribution < 1.29 is 0 Å². The van der Waals surface area contributed by atoms with Gasteiger partial charge >= 0.3 is 0 Å². The van der Waals surface area contributed by atoms with Gasteiger partial charge in [0, 0.05) is 37.1 Å². The highest BCUT2D eigenvalue weighted by Crippen LogP contribution is 2.37. The average Bonchev–Trinajstić information content (AvgIpc) is 3.39. The largest absolute Gasteiger partial charge is 0.255 e. The van der Waals surface area contributed by atoms with Crippen LogP contribution >= 0.6 is 11.3 Å². The third kappa shape index (κ3) is 3.70. The Labute approximate surface area is 229 Å². The van der Waals surface area contributed by atoms with E-state index >= 15 is 0 Å². The van der Waals surface area contributed by atoms with Crippen LogP contribution in [0.15, 0.2) is 134 Å². The molecule has 39 heavy (non-hydrogen) atoms. The predicted molar refractivity (Wildman–Crippen MR) is 166 cm³/mol. The normalized spacial score (nSPS) is 11.6. The van der Waals surface area contributed by atoms with Gasteiger partial charge in [0.05, 0.1) is 16.9 Å². The van der Waals surface area contributed by atoms with Crippen LogP contribution in [0.25, 0.3) is 75.5 Å². The number of hydrogen-bond donors (Lipinski definition) is 0. The molecule has 0 saturated carbocycles. The Kier molecular flexibility index (Phi) is 5.04. The summed E-state index contributed by atoms with van der Waals surface area (Å²) in [7, 11) is 0. The Morgan fingerprint density at radius 2 is 1.10 bits per heavy atom. The van der Waals surface area contributed by atoms with Crippen molar-refractivity contribution in [2.45, 2.75) is 0 Å². The van der Waals surface area contributed by atoms with Crippen molar-refractivity contribution in [1.29, 1.82) is 0 Å². The van der Waals surface area contributed by atoms with Crippen LogP contribution in [0.4, 0.5) is 0 Å². The summed E-state index contributed by atoms with van der Waals surface area (Å²) in [5.74, 6) is 0. The van der Waals surface area contributed by atoms with Crippen LogP contribution in [0, 0.1) is 0 Å². The lowest BCUT2D eigenvalue weighted by molar-refractivity contribution is 1.29. The zero-order valence-corrected chi connectivity index (χ0v) is 21.8. The molecule has 0 aliphatic carbocycles. The molecular weight excluding hydrogens is 492 g/mol. The standard InChI is InChI=1S/C36H22N2S/c1-2-13-31-27(10-1)28-11-3-5-14-32(28)38-36(31)33-21-26(18-19-37-33)24-9-7-8-23(20-24)25-16-17-30-29-12-4-6-15-34(29)39-35(30)22-25/h1-22H. The quantitative estimate of drug-likeness (QED) is 0.219. The second-order valence-electron chi connectivity index (χ2n) is 9.84. The first kappa shape index (κ1) is 22.2. The van der Waals surface area contributed by atoms with Gasteiger partial charge in [-0.2, -0.15) is 0 Å². The van der Waals surface area contributed by atoms with E-state index in [2.05, 4.69) is 121 Å². The van der Waals surface area contributed by atoms with Crippen LogP contribution in [0.5, 0.6) is 0 Å². The van der Waals surface area contributed by atoms with Crippen LogP contribution < -0.4 is 0 Å². The second kappa shape index (κ2) is 8.87. The minimum Gasteiger partial charge on any atom is -0.255 e. The van der Waals surface area contributed by atoms with E-state index in [1.807, 2.05) is 23.6 Å². The Morgan fingerprint density at radius 3 is 1.97 bits per heavy atom. The molecule has 0 unspecified atom stereocenters. The number of nitrogens with zero attached hydrogens (tertiary/aromatic N) is 2. The molecule has 0 amide bonds. The van der Waals surface area contributed by atoms with E-state index in [1.54, 1.807) is 0 Å². The molecule has 8 aromatic rings. The molecule has 0 saturated heterocycles. The van der Waals surface area contributed by atoms with Gasteiger partial charge in [-0.3, -0.25) is 4.98 Å². The lowest BCUT2D eigenvalue weighted by Gasteiger charge is -2.11. The van der Waals surface area contributed by atoms with Crippen molar-refractivity contribution >= 4 is 53.2 Å². The highest BCUT2D eigenvalue weighted by molar-refractivity contribution is 7.25. The Hall–Kier alpha value is -4.86. The van der Waals surface area contributed by atoms with Gasteiger partial charge in [-0.05, 0) is 64.0 Å². The first-order chi connectivity index (χ1) is 19.3. The van der Waals surface area contributed by atoms with Crippen LogP contribution in [0.2, 0.25) is 0 Å². The van der Waals surface area contributed by atoms with Crippen LogP contribution in [0.3, 0.4) is 0 Å². The fourth-order valence-corrected chi connectivity index (χ4v) is 6.77. The molecule has 0 radical (unpaired) electrons. The maximum atomic E-state index is 5.06. The van der Waals surface area contributed by atoms with Crippen molar-refractivity contribution in [3.05, 3.63) is 134 Å². The summed E-state index contributed by atoms with van der Waals surface area (Å²) in [6, 6.07) is 45.3. The van der Waals surface area contributed by atoms with E-state index in [4.69, 9.17) is 9.97 Å². The molecule has 3 aromatic heterocycles. The maximum absolute atomic E-state index is 5.06. The molecule has 8 rings (SSSR count). The predicted octanol–water partition coefficient (Wildman–Crippen LogP) is 10.2. The number of benzene rings is 5. The monoisotopic (exact) mass is 514 g/mol. The number of para-hydroxylation sites is 1. The zero-order valence-electron chi connectivity index (χ0n) is 21.0. The van der Waals surface area contributed by atoms with E-state index in [-0.39, 0.29) is 0 Å². The lowest BCUT2D eigenvalue weighted by atomic mass is 9.97. The van der Waals surface area contributed by atoms with Crippen molar-refractivity contribution in [2.24, 2.45) is 0 Å². The van der Waals surface area contributed by atoms with Gasteiger partial charge in [-0.25, -0.2) is 4.98 Å². The zero-order chi connectivity index (χ0) is 25.8. The number of thiophene rings is 1. The summed E-state index contributed by atoms with van der Waals surface area (Å²) in [5, 5.41) is 6.13. The highest BCUT2D eigenvalue weighted by atomic mass is 32.1. The smallest absolute Gasteiger partial charge is 0.0972 e. The van der Waals surface area contributed by atoms with Gasteiger partial charge in [-0.15, -0.1) is 11.3 Å². The molecule has 5 aromatic carbocycles. The fraction of sp³-hybridized carbons (Fsp3) is 0. The number of rotatable bonds is 3. The fourth-order valence-electron chi connectivity index (χ4n) is 5.62. The summed E-state index contributed by atoms with van der Waals surface area (Å²) in [5.41, 5.74) is 7.51. The molecular formula is C36H22N2S. The van der Waals surface area contributed by atoms with E-state index in [0.29, 0.717) is 0 Å². The summed E-state index contributed by atoms with van der Waals surface area (Å²) in [4.78, 5) is 9.83. The van der Waals surface area contributed by atoms with Gasteiger partial charge in [0.25, 0.3) is 0 Å². The minimum absolute atomic E-state index is 0.881. The van der Waals surface area contributed by atoms with Gasteiger partial charge in [0.1, 0.15) is 0 Å². The van der Waals surface area contributed by atoms with Gasteiger partial charge < -0.3 is 0 Å². The Balaban J connectivity index is 1.23. The van der Waals surface area contributed by atoms with Crippen molar-refractivity contribution in [1.82, 2.24) is 9.97 Å². The van der Waals surface area contributed by atoms with Crippen LogP contribution in [-0.4, -0.2) is 9.97 Å². The Morgan fingerprint density at radius 1 is 0.436 bits per heavy atom. The van der Waals surface area contributed by atoms with Crippen molar-refractivity contribution in [3.8, 4) is 33.6 Å². The van der Waals surface area contributed by atoms with Gasteiger partial charge in [-0.1, -0.05) is 91.0 Å². The number of hydrogen-bond acceptors (Lipinski definition) is 3. The van der Waals surface area contributed by atoms with Gasteiger partial charge in [0.2, 0.25) is 0 Å². The molecule has 0 atom stereocenters. The summed E-state index contributed by atoms with van der Waals surface area (Å²) < 4.78 is 2.65. The summed E-state index contributed by atoms with van der Waals surface area (Å²) in [6.07, 6.45) is 1.90. The molecule has 182 valence electrons. The highest BCUT2D eigenvalue weighted by Gasteiger charge is 2.13. The first-order valence-corrected chi connectivity index (χ1v) is 13.9. The maximum Gasteiger partial charge on any atom is 0.0972 e. The molecule has 0 fully saturated rings. The molecule has 0 bridgehead atoms. The molecule has 0 aliphatic rings. The lowest BCUT2D eigenvalue weighted by Crippen LogP contribution is -1.92. The number of aromatic nitrogens is 2.